The summed E-state index contributed by atoms with van der Waals surface area (Å²) in [6, 6.07) is 12.6. The van der Waals surface area contributed by atoms with Crippen molar-refractivity contribution in [3.63, 3.8) is 0 Å². The van der Waals surface area contributed by atoms with Gasteiger partial charge in [-0.3, -0.25) is 0 Å². The van der Waals surface area contributed by atoms with Gasteiger partial charge in [-0.15, -0.1) is 0 Å². The average Bonchev–Trinajstić information content (AvgIpc) is 3.23. The Morgan fingerprint density at radius 2 is 0.828 bits per heavy atom. The van der Waals surface area contributed by atoms with Crippen LogP contribution in [0.1, 0.15) is 74.7 Å². The second kappa shape index (κ2) is 14.8. The minimum atomic E-state index is -2.02. The van der Waals surface area contributed by atoms with Gasteiger partial charge in [0, 0.05) is 64.1 Å². The summed E-state index contributed by atoms with van der Waals surface area (Å²) < 4.78 is 18.8. The number of phenols is 13. The van der Waals surface area contributed by atoms with Crippen molar-refractivity contribution in [2.75, 3.05) is 0 Å². The first-order chi connectivity index (χ1) is 30.3. The zero-order valence-corrected chi connectivity index (χ0v) is 32.6. The Morgan fingerprint density at radius 1 is 0.375 bits per heavy atom. The van der Waals surface area contributed by atoms with Crippen molar-refractivity contribution in [3.05, 3.63) is 117 Å². The first-order valence-corrected chi connectivity index (χ1v) is 19.4. The summed E-state index contributed by atoms with van der Waals surface area (Å²) in [6.07, 6.45) is -10.4. The molecule has 6 aromatic rings. The number of aliphatic hydroxyl groups is 3. The smallest absolute Gasteiger partial charge is 0.200 e. The Morgan fingerprint density at radius 3 is 1.39 bits per heavy atom. The zero-order chi connectivity index (χ0) is 45.8. The lowest BCUT2D eigenvalue weighted by molar-refractivity contribution is -0.00567. The largest absolute Gasteiger partial charge is 0.508 e. The van der Waals surface area contributed by atoms with Crippen LogP contribution in [0.4, 0.5) is 0 Å². The normalized spacial score (nSPS) is 23.4. The fraction of sp³-hybridized carbons (Fsp3) is 0.200. The lowest BCUT2D eigenvalue weighted by Gasteiger charge is -2.43. The van der Waals surface area contributed by atoms with E-state index >= 15 is 0 Å². The van der Waals surface area contributed by atoms with E-state index in [1.54, 1.807) is 0 Å². The Labute approximate surface area is 359 Å². The third kappa shape index (κ3) is 6.40. The summed E-state index contributed by atoms with van der Waals surface area (Å²) in [4.78, 5) is 0. The van der Waals surface area contributed by atoms with Gasteiger partial charge in [0.15, 0.2) is 52.5 Å². The molecule has 19 heteroatoms. The molecule has 6 aromatic carbocycles. The quantitative estimate of drug-likeness (QED) is 0.108. The summed E-state index contributed by atoms with van der Waals surface area (Å²) in [5, 5.41) is 177. The third-order valence-electron chi connectivity index (χ3n) is 11.9. The highest BCUT2D eigenvalue weighted by atomic mass is 16.5. The SMILES string of the molecule is Oc1cc(O)c2c(c1)O[C@@H](c1ccc(O)c(O)c1)[C@H](O)[C@@H]2c1c(O)cc(O)c2c1O[C@H](c1cc(O)c(O)c(O)c1)[C@@H](O)[C@@H]2c1c(O)cc(O)c2c1O[C@@H](c1ccc(O)c(O)c1)[C@H](O)C2. The molecule has 16 N–H and O–H groups in total. The van der Waals surface area contributed by atoms with E-state index in [0.29, 0.717) is 0 Å². The van der Waals surface area contributed by atoms with E-state index in [0.717, 1.165) is 60.7 Å². The first-order valence-electron chi connectivity index (χ1n) is 19.4. The van der Waals surface area contributed by atoms with Gasteiger partial charge < -0.3 is 95.9 Å². The topological polar surface area (TPSA) is 351 Å². The van der Waals surface area contributed by atoms with Gasteiger partial charge in [0.05, 0.1) is 17.9 Å². The maximum atomic E-state index is 12.5. The molecule has 0 unspecified atom stereocenters. The van der Waals surface area contributed by atoms with Crippen molar-refractivity contribution in [1.29, 1.82) is 0 Å². The van der Waals surface area contributed by atoms with Crippen LogP contribution in [0, 0.1) is 0 Å². The van der Waals surface area contributed by atoms with Crippen molar-refractivity contribution in [1.82, 2.24) is 0 Å². The van der Waals surface area contributed by atoms with Gasteiger partial charge in [-0.2, -0.15) is 0 Å². The third-order valence-corrected chi connectivity index (χ3v) is 11.9. The van der Waals surface area contributed by atoms with Crippen molar-refractivity contribution in [2.24, 2.45) is 0 Å². The molecule has 3 aliphatic heterocycles. The molecule has 8 atom stereocenters. The highest BCUT2D eigenvalue weighted by Gasteiger charge is 2.51. The molecular weight excluding hydrogens is 844 g/mol. The van der Waals surface area contributed by atoms with E-state index in [4.69, 9.17) is 14.2 Å². The maximum absolute atomic E-state index is 12.5. The van der Waals surface area contributed by atoms with Crippen molar-refractivity contribution in [2.45, 2.75) is 54.9 Å². The summed E-state index contributed by atoms with van der Waals surface area (Å²) in [7, 11) is 0. The molecule has 9 rings (SSSR count). The molecule has 0 saturated heterocycles. The molecule has 0 spiro atoms. The number of hydrogen-bond donors (Lipinski definition) is 16. The van der Waals surface area contributed by atoms with E-state index in [1.807, 2.05) is 0 Å². The first kappa shape index (κ1) is 41.4. The number of phenolic OH excluding ortho intramolecular Hbond substituents is 13. The Kier molecular flexibility index (Phi) is 9.58. The van der Waals surface area contributed by atoms with E-state index < -0.39 is 140 Å². The number of rotatable bonds is 5. The van der Waals surface area contributed by atoms with E-state index in [1.165, 1.54) is 12.1 Å². The number of hydrogen-bond acceptors (Lipinski definition) is 19. The summed E-state index contributed by atoms with van der Waals surface area (Å²) in [5.74, 6) is -13.6. The van der Waals surface area contributed by atoms with E-state index in [2.05, 4.69) is 0 Å². The molecule has 0 aromatic heterocycles. The second-order valence-electron chi connectivity index (χ2n) is 15.8. The minimum absolute atomic E-state index is 0.0482. The van der Waals surface area contributed by atoms with Crippen LogP contribution in [0.5, 0.6) is 92.0 Å². The maximum Gasteiger partial charge on any atom is 0.200 e. The molecule has 3 heterocycles. The predicted molar refractivity (Wildman–Crippen MR) is 216 cm³/mol. The van der Waals surface area contributed by atoms with Crippen LogP contribution in [-0.2, 0) is 6.42 Å². The number of aromatic hydroxyl groups is 13. The molecule has 3 aliphatic rings. The number of benzene rings is 6. The molecule has 0 aliphatic carbocycles. The molecule has 0 amide bonds. The van der Waals surface area contributed by atoms with Gasteiger partial charge >= 0.3 is 0 Å². The van der Waals surface area contributed by atoms with Crippen LogP contribution in [0.15, 0.2) is 72.8 Å². The fourth-order valence-corrected chi connectivity index (χ4v) is 9.01. The lowest BCUT2D eigenvalue weighted by Crippen LogP contribution is -2.39. The van der Waals surface area contributed by atoms with Gasteiger partial charge in [-0.1, -0.05) is 12.1 Å². The van der Waals surface area contributed by atoms with Crippen molar-refractivity contribution >= 4 is 0 Å². The highest BCUT2D eigenvalue weighted by Crippen LogP contribution is 2.62. The Bertz CT molecular complexity index is 2870. The molecule has 0 bridgehead atoms. The van der Waals surface area contributed by atoms with Crippen LogP contribution in [-0.4, -0.2) is 100 Å². The van der Waals surface area contributed by atoms with Crippen LogP contribution in [0.3, 0.4) is 0 Å². The van der Waals surface area contributed by atoms with Crippen LogP contribution in [0.25, 0.3) is 0 Å². The predicted octanol–water partition coefficient (Wildman–Crippen LogP) is 4.15. The standard InChI is InChI=1S/C45H38O19/c46-17-9-24(52)32-31(10-17)62-42(15-2-4-20(48)23(51)6-15)39(60)36(32)34-26(54)13-27(55)35-37(40(61)43(64-45(34)35)16-7-28(56)38(59)29(57)8-16)33-25(53)12-21(49)18-11-30(58)41(63-44(18)33)14-1-3-19(47)22(50)5-14/h1-10,12-13,30,36-37,39-43,46-61H,11H2/t30-,36+,37-,39-,40+,41+,42+,43-/m1/s1. The molecular formula is C45H38O19. The van der Waals surface area contributed by atoms with Gasteiger partial charge in [-0.25, -0.2) is 0 Å². The van der Waals surface area contributed by atoms with Crippen molar-refractivity contribution in [3.8, 4) is 92.0 Å². The Hall–Kier alpha value is -8.00. The number of fused-ring (bicyclic) bond motifs is 3. The lowest BCUT2D eigenvalue weighted by atomic mass is 9.73. The van der Waals surface area contributed by atoms with Crippen LogP contribution in [0.2, 0.25) is 0 Å². The van der Waals surface area contributed by atoms with E-state index in [9.17, 15) is 81.7 Å². The van der Waals surface area contributed by atoms with Gasteiger partial charge in [0.1, 0.15) is 70.1 Å². The van der Waals surface area contributed by atoms with Gasteiger partial charge in [-0.05, 0) is 47.5 Å². The van der Waals surface area contributed by atoms with Gasteiger partial charge in [0.25, 0.3) is 0 Å². The van der Waals surface area contributed by atoms with Gasteiger partial charge in [0.2, 0.25) is 0 Å². The summed E-state index contributed by atoms with van der Waals surface area (Å²) >= 11 is 0. The van der Waals surface area contributed by atoms with E-state index in [-0.39, 0.29) is 51.3 Å². The zero-order valence-electron chi connectivity index (χ0n) is 32.6. The molecule has 0 fully saturated rings. The minimum Gasteiger partial charge on any atom is -0.508 e. The number of aliphatic hydroxyl groups excluding tert-OH is 3. The number of ether oxygens (including phenoxy) is 3. The molecule has 0 radical (unpaired) electrons. The summed E-state index contributed by atoms with van der Waals surface area (Å²) in [5.41, 5.74) is -1.65. The molecule has 64 heavy (non-hydrogen) atoms. The van der Waals surface area contributed by atoms with Crippen LogP contribution >= 0.6 is 0 Å². The summed E-state index contributed by atoms with van der Waals surface area (Å²) in [6.45, 7) is 0. The van der Waals surface area contributed by atoms with Crippen LogP contribution < -0.4 is 14.2 Å². The Balaban J connectivity index is 1.32. The second-order valence-corrected chi connectivity index (χ2v) is 15.8. The molecule has 19 nitrogen and oxygen atoms in total. The van der Waals surface area contributed by atoms with Crippen molar-refractivity contribution < 1.29 is 95.9 Å². The highest BCUT2D eigenvalue weighted by molar-refractivity contribution is 5.71. The fourth-order valence-electron chi connectivity index (χ4n) is 9.01. The molecule has 0 saturated carbocycles. The average molecular weight is 883 g/mol. The molecule has 332 valence electrons. The monoisotopic (exact) mass is 882 g/mol.